The maximum atomic E-state index is 5.51. The van der Waals surface area contributed by atoms with Crippen LogP contribution in [0.3, 0.4) is 0 Å². The van der Waals surface area contributed by atoms with E-state index < -0.39 is 0 Å². The molecule has 0 saturated heterocycles. The maximum Gasteiger partial charge on any atom is 0.117 e. The molecule has 1 unspecified atom stereocenters. The molecule has 3 heteroatoms. The van der Waals surface area contributed by atoms with Crippen molar-refractivity contribution in [3.63, 3.8) is 0 Å². The van der Waals surface area contributed by atoms with E-state index >= 15 is 0 Å². The van der Waals surface area contributed by atoms with Gasteiger partial charge in [-0.1, -0.05) is 33.1 Å². The Morgan fingerprint density at radius 3 is 2.05 bits per heavy atom. The van der Waals surface area contributed by atoms with Crippen molar-refractivity contribution in [1.29, 1.82) is 0 Å². The summed E-state index contributed by atoms with van der Waals surface area (Å²) in [5.41, 5.74) is 0. The number of hydrogen-bond donors (Lipinski definition) is 0. The molecule has 0 saturated carbocycles. The minimum absolute atomic E-state index is 0.745. The Labute approximate surface area is 127 Å². The van der Waals surface area contributed by atoms with Gasteiger partial charge in [0.1, 0.15) is 11.5 Å². The summed E-state index contributed by atoms with van der Waals surface area (Å²) in [6, 6.07) is 7.99. The molecule has 0 spiro atoms. The first-order valence-electron chi connectivity index (χ1n) is 8.09. The number of unbranched alkanes of at least 4 members (excludes halogenated alkanes) is 1. The molecule has 0 fully saturated rings. The number of hydrogen-bond acceptors (Lipinski definition) is 3. The van der Waals surface area contributed by atoms with Gasteiger partial charge in [-0.2, -0.15) is 0 Å². The van der Waals surface area contributed by atoms with Crippen molar-refractivity contribution in [2.45, 2.75) is 52.6 Å². The van der Waals surface area contributed by atoms with E-state index in [1.165, 1.54) is 25.7 Å². The SMILES string of the molecule is CCCCC(CC)CN(Cc1ccco1)Cc1ccco1. The summed E-state index contributed by atoms with van der Waals surface area (Å²) in [5, 5.41) is 0. The number of rotatable bonds is 10. The highest BCUT2D eigenvalue weighted by Gasteiger charge is 2.15. The van der Waals surface area contributed by atoms with Crippen LogP contribution < -0.4 is 0 Å². The predicted octanol–water partition coefficient (Wildman–Crippen LogP) is 5.09. The number of furan rings is 2. The molecular formula is C18H27NO2. The van der Waals surface area contributed by atoms with Gasteiger partial charge in [-0.25, -0.2) is 0 Å². The van der Waals surface area contributed by atoms with Gasteiger partial charge in [0.2, 0.25) is 0 Å². The van der Waals surface area contributed by atoms with Crippen LogP contribution in [0.4, 0.5) is 0 Å². The molecular weight excluding hydrogens is 262 g/mol. The lowest BCUT2D eigenvalue weighted by atomic mass is 9.98. The van der Waals surface area contributed by atoms with Gasteiger partial charge in [0, 0.05) is 6.54 Å². The molecule has 0 aliphatic carbocycles. The topological polar surface area (TPSA) is 29.5 Å². The molecule has 1 atom stereocenters. The van der Waals surface area contributed by atoms with E-state index in [0.29, 0.717) is 0 Å². The lowest BCUT2D eigenvalue weighted by Gasteiger charge is -2.25. The van der Waals surface area contributed by atoms with Crippen LogP contribution in [0.1, 0.15) is 51.1 Å². The smallest absolute Gasteiger partial charge is 0.117 e. The summed E-state index contributed by atoms with van der Waals surface area (Å²) in [6.07, 6.45) is 8.61. The standard InChI is InChI=1S/C18H27NO2/c1-3-5-8-16(4-2)13-19(14-17-9-6-11-20-17)15-18-10-7-12-21-18/h6-7,9-12,16H,3-5,8,13-15H2,1-2H3. The minimum atomic E-state index is 0.745. The van der Waals surface area contributed by atoms with Crippen molar-refractivity contribution in [1.82, 2.24) is 4.90 Å². The molecule has 0 aliphatic rings. The van der Waals surface area contributed by atoms with Crippen LogP contribution in [0.2, 0.25) is 0 Å². The zero-order chi connectivity index (χ0) is 14.9. The Bertz CT molecular complexity index is 425. The largest absolute Gasteiger partial charge is 0.468 e. The molecule has 0 amide bonds. The Balaban J connectivity index is 1.96. The third-order valence-corrected chi connectivity index (χ3v) is 3.98. The van der Waals surface area contributed by atoms with Crippen LogP contribution in [-0.4, -0.2) is 11.4 Å². The lowest BCUT2D eigenvalue weighted by molar-refractivity contribution is 0.177. The fraction of sp³-hybridized carbons (Fsp3) is 0.556. The summed E-state index contributed by atoms with van der Waals surface area (Å²) in [7, 11) is 0. The molecule has 3 nitrogen and oxygen atoms in total. The monoisotopic (exact) mass is 289 g/mol. The second kappa shape index (κ2) is 8.73. The highest BCUT2D eigenvalue weighted by molar-refractivity contribution is 5.01. The van der Waals surface area contributed by atoms with Gasteiger partial charge in [0.15, 0.2) is 0 Å². The maximum absolute atomic E-state index is 5.51. The van der Waals surface area contributed by atoms with Gasteiger partial charge in [0.05, 0.1) is 25.6 Å². The fourth-order valence-corrected chi connectivity index (χ4v) is 2.71. The van der Waals surface area contributed by atoms with Gasteiger partial charge >= 0.3 is 0 Å². The summed E-state index contributed by atoms with van der Waals surface area (Å²) in [6.45, 7) is 7.33. The normalized spacial score (nSPS) is 12.9. The quantitative estimate of drug-likeness (QED) is 0.610. The molecule has 21 heavy (non-hydrogen) atoms. The van der Waals surface area contributed by atoms with Gasteiger partial charge in [0.25, 0.3) is 0 Å². The molecule has 0 aliphatic heterocycles. The second-order valence-electron chi connectivity index (χ2n) is 5.74. The number of nitrogens with zero attached hydrogens (tertiary/aromatic N) is 1. The first-order valence-corrected chi connectivity index (χ1v) is 8.09. The van der Waals surface area contributed by atoms with Gasteiger partial charge in [-0.05, 0) is 36.6 Å². The van der Waals surface area contributed by atoms with Gasteiger partial charge < -0.3 is 8.83 Å². The van der Waals surface area contributed by atoms with Crippen molar-refractivity contribution in [3.05, 3.63) is 48.3 Å². The molecule has 2 aromatic rings. The zero-order valence-corrected chi connectivity index (χ0v) is 13.3. The fourth-order valence-electron chi connectivity index (χ4n) is 2.71. The van der Waals surface area contributed by atoms with E-state index in [2.05, 4.69) is 18.7 Å². The summed E-state index contributed by atoms with van der Waals surface area (Å²) >= 11 is 0. The van der Waals surface area contributed by atoms with Crippen LogP contribution in [0.25, 0.3) is 0 Å². The third kappa shape index (κ3) is 5.43. The third-order valence-electron chi connectivity index (χ3n) is 3.98. The first-order chi connectivity index (χ1) is 10.3. The highest BCUT2D eigenvalue weighted by Crippen LogP contribution is 2.18. The molecule has 0 bridgehead atoms. The van der Waals surface area contributed by atoms with Crippen LogP contribution in [0, 0.1) is 5.92 Å². The summed E-state index contributed by atoms with van der Waals surface area (Å²) < 4.78 is 11.0. The molecule has 116 valence electrons. The van der Waals surface area contributed by atoms with Crippen molar-refractivity contribution in [2.75, 3.05) is 6.54 Å². The Hall–Kier alpha value is -1.48. The Morgan fingerprint density at radius 1 is 1.00 bits per heavy atom. The van der Waals surface area contributed by atoms with Crippen molar-refractivity contribution in [3.8, 4) is 0 Å². The van der Waals surface area contributed by atoms with E-state index in [1.54, 1.807) is 12.5 Å². The molecule has 2 heterocycles. The van der Waals surface area contributed by atoms with Crippen LogP contribution in [0.5, 0.6) is 0 Å². The van der Waals surface area contributed by atoms with Crippen molar-refractivity contribution in [2.24, 2.45) is 5.92 Å². The van der Waals surface area contributed by atoms with Crippen LogP contribution in [-0.2, 0) is 13.1 Å². The van der Waals surface area contributed by atoms with Crippen molar-refractivity contribution < 1.29 is 8.83 Å². The van der Waals surface area contributed by atoms with E-state index in [4.69, 9.17) is 8.83 Å². The average Bonchev–Trinajstić information content (AvgIpc) is 3.17. The lowest BCUT2D eigenvalue weighted by Crippen LogP contribution is -2.28. The van der Waals surface area contributed by atoms with E-state index in [0.717, 1.165) is 37.1 Å². The van der Waals surface area contributed by atoms with E-state index in [-0.39, 0.29) is 0 Å². The van der Waals surface area contributed by atoms with E-state index in [9.17, 15) is 0 Å². The first kappa shape index (κ1) is 15.9. The minimum Gasteiger partial charge on any atom is -0.468 e. The molecule has 0 radical (unpaired) electrons. The second-order valence-corrected chi connectivity index (χ2v) is 5.74. The van der Waals surface area contributed by atoms with Gasteiger partial charge in [-0.3, -0.25) is 4.90 Å². The molecule has 2 aromatic heterocycles. The van der Waals surface area contributed by atoms with Crippen LogP contribution >= 0.6 is 0 Å². The predicted molar refractivity (Wildman–Crippen MR) is 84.8 cm³/mol. The van der Waals surface area contributed by atoms with Crippen LogP contribution in [0.15, 0.2) is 45.6 Å². The molecule has 0 aromatic carbocycles. The molecule has 0 N–H and O–H groups in total. The summed E-state index contributed by atoms with van der Waals surface area (Å²) in [4.78, 5) is 2.43. The zero-order valence-electron chi connectivity index (χ0n) is 13.3. The van der Waals surface area contributed by atoms with Gasteiger partial charge in [-0.15, -0.1) is 0 Å². The molecule has 2 rings (SSSR count). The van der Waals surface area contributed by atoms with E-state index in [1.807, 2.05) is 24.3 Å². The average molecular weight is 289 g/mol. The van der Waals surface area contributed by atoms with Crippen molar-refractivity contribution >= 4 is 0 Å². The Kier molecular flexibility index (Phi) is 6.61. The highest BCUT2D eigenvalue weighted by atomic mass is 16.3. The summed E-state index contributed by atoms with van der Waals surface area (Å²) in [5.74, 6) is 2.79. The Morgan fingerprint density at radius 2 is 1.62 bits per heavy atom.